The fraction of sp³-hybridized carbons (Fsp3) is 0.550. The third-order valence-corrected chi connectivity index (χ3v) is 5.09. The van der Waals surface area contributed by atoms with Gasteiger partial charge in [-0.1, -0.05) is 6.92 Å². The highest BCUT2D eigenvalue weighted by molar-refractivity contribution is 6.05. The Morgan fingerprint density at radius 3 is 2.54 bits per heavy atom. The molecule has 6 heteroatoms. The van der Waals surface area contributed by atoms with Crippen LogP contribution in [0.25, 0.3) is 0 Å². The summed E-state index contributed by atoms with van der Waals surface area (Å²) in [6, 6.07) is 5.19. The lowest BCUT2D eigenvalue weighted by molar-refractivity contribution is -0.132. The molecule has 1 N–H and O–H groups in total. The number of ether oxygens (including phenoxy) is 1. The summed E-state index contributed by atoms with van der Waals surface area (Å²) in [5, 5.41) is 12.1. The van der Waals surface area contributed by atoms with Crippen LogP contribution in [0.4, 0.5) is 5.69 Å². The monoisotopic (exact) mass is 357 g/mol. The molecule has 0 aromatic heterocycles. The van der Waals surface area contributed by atoms with Gasteiger partial charge < -0.3 is 10.1 Å². The number of nitrogens with one attached hydrogen (secondary N) is 1. The molecule has 0 aliphatic heterocycles. The van der Waals surface area contributed by atoms with Gasteiger partial charge in [0, 0.05) is 0 Å². The Hall–Kier alpha value is -2.39. The van der Waals surface area contributed by atoms with E-state index in [4.69, 9.17) is 4.74 Å². The molecule has 1 aliphatic carbocycles. The van der Waals surface area contributed by atoms with Crippen LogP contribution in [0.15, 0.2) is 12.1 Å². The van der Waals surface area contributed by atoms with E-state index in [9.17, 15) is 14.9 Å². The Morgan fingerprint density at radius 1 is 1.35 bits per heavy atom. The molecule has 1 saturated carbocycles. The van der Waals surface area contributed by atoms with E-state index in [-0.39, 0.29) is 18.1 Å². The number of amides is 1. The number of likely N-dealkylation sites (N-methyl/N-ethyl adjacent to an activating group) is 1. The molecule has 6 nitrogen and oxygen atoms in total. The quantitative estimate of drug-likeness (QED) is 0.758. The standard InChI is InChI=1S/C20H27N3O3/c1-5-10-23(4)20(8-7-9-20)19(25)22-17-14(3)11-15(13-21)12-16(17)18(24)26-6-2/h11-12H,5-10H2,1-4H3,(H,22,25). The van der Waals surface area contributed by atoms with Gasteiger partial charge in [0.05, 0.1) is 29.5 Å². The Labute approximate surface area is 155 Å². The minimum absolute atomic E-state index is 0.0990. The van der Waals surface area contributed by atoms with Crippen LogP contribution in [0.1, 0.15) is 61.0 Å². The first-order valence-electron chi connectivity index (χ1n) is 9.14. The fourth-order valence-corrected chi connectivity index (χ4v) is 3.46. The molecule has 0 bridgehead atoms. The predicted molar refractivity (Wildman–Crippen MR) is 100.0 cm³/mol. The van der Waals surface area contributed by atoms with Crippen molar-refractivity contribution in [2.45, 2.75) is 52.0 Å². The molecule has 1 aromatic rings. The van der Waals surface area contributed by atoms with Gasteiger partial charge in [-0.05, 0) is 70.8 Å². The second-order valence-electron chi connectivity index (χ2n) is 6.81. The SMILES string of the molecule is CCCN(C)C1(C(=O)Nc2c(C)cc(C#N)cc2C(=O)OCC)CCC1. The molecule has 0 saturated heterocycles. The van der Waals surface area contributed by atoms with Crippen LogP contribution in [0, 0.1) is 18.3 Å². The highest BCUT2D eigenvalue weighted by Crippen LogP contribution is 2.38. The summed E-state index contributed by atoms with van der Waals surface area (Å²) in [7, 11) is 1.97. The molecule has 1 aromatic carbocycles. The Morgan fingerprint density at radius 2 is 2.04 bits per heavy atom. The number of benzene rings is 1. The lowest BCUT2D eigenvalue weighted by Gasteiger charge is -2.47. The number of nitrogens with zero attached hydrogens (tertiary/aromatic N) is 2. The summed E-state index contributed by atoms with van der Waals surface area (Å²) in [5.41, 5.74) is 1.17. The first kappa shape index (κ1) is 19.9. The van der Waals surface area contributed by atoms with Crippen molar-refractivity contribution in [3.8, 4) is 6.07 Å². The molecule has 0 radical (unpaired) electrons. The fourth-order valence-electron chi connectivity index (χ4n) is 3.46. The maximum Gasteiger partial charge on any atom is 0.340 e. The molecule has 0 unspecified atom stereocenters. The number of aryl methyl sites for hydroxylation is 1. The number of esters is 1. The third kappa shape index (κ3) is 3.73. The van der Waals surface area contributed by atoms with Gasteiger partial charge in [-0.2, -0.15) is 5.26 Å². The molecule has 1 fully saturated rings. The van der Waals surface area contributed by atoms with E-state index in [1.807, 2.05) is 13.1 Å². The Balaban J connectivity index is 2.37. The van der Waals surface area contributed by atoms with Crippen LogP contribution in [-0.2, 0) is 9.53 Å². The molecular weight excluding hydrogens is 330 g/mol. The summed E-state index contributed by atoms with van der Waals surface area (Å²) >= 11 is 0. The lowest BCUT2D eigenvalue weighted by atomic mass is 9.74. The van der Waals surface area contributed by atoms with Crippen LogP contribution in [0.2, 0.25) is 0 Å². The molecule has 26 heavy (non-hydrogen) atoms. The molecular formula is C20H27N3O3. The van der Waals surface area contributed by atoms with Gasteiger partial charge in [-0.3, -0.25) is 9.69 Å². The average molecular weight is 357 g/mol. The Kier molecular flexibility index (Phi) is 6.38. The van der Waals surface area contributed by atoms with Crippen molar-refractivity contribution >= 4 is 17.6 Å². The zero-order valence-electron chi connectivity index (χ0n) is 16.0. The molecule has 0 atom stereocenters. The Bertz CT molecular complexity index is 733. The van der Waals surface area contributed by atoms with Gasteiger partial charge >= 0.3 is 5.97 Å². The molecule has 1 amide bonds. The first-order valence-corrected chi connectivity index (χ1v) is 9.14. The minimum Gasteiger partial charge on any atom is -0.462 e. The van der Waals surface area contributed by atoms with E-state index in [0.717, 1.165) is 32.2 Å². The van der Waals surface area contributed by atoms with Gasteiger partial charge in [0.1, 0.15) is 5.54 Å². The van der Waals surface area contributed by atoms with E-state index in [0.29, 0.717) is 16.8 Å². The van der Waals surface area contributed by atoms with Crippen LogP contribution < -0.4 is 5.32 Å². The summed E-state index contributed by atoms with van der Waals surface area (Å²) in [4.78, 5) is 27.6. The summed E-state index contributed by atoms with van der Waals surface area (Å²) in [5.74, 6) is -0.634. The van der Waals surface area contributed by atoms with Crippen molar-refractivity contribution in [1.82, 2.24) is 4.90 Å². The van der Waals surface area contributed by atoms with Gasteiger partial charge in [0.15, 0.2) is 0 Å². The maximum absolute atomic E-state index is 13.1. The maximum atomic E-state index is 13.1. The molecule has 0 spiro atoms. The zero-order chi connectivity index (χ0) is 19.3. The van der Waals surface area contributed by atoms with Gasteiger partial charge in [-0.15, -0.1) is 0 Å². The van der Waals surface area contributed by atoms with Crippen molar-refractivity contribution < 1.29 is 14.3 Å². The van der Waals surface area contributed by atoms with Crippen LogP contribution in [-0.4, -0.2) is 42.5 Å². The zero-order valence-corrected chi connectivity index (χ0v) is 16.0. The smallest absolute Gasteiger partial charge is 0.340 e. The molecule has 1 aliphatic rings. The third-order valence-electron chi connectivity index (χ3n) is 5.09. The summed E-state index contributed by atoms with van der Waals surface area (Å²) in [6.07, 6.45) is 3.59. The van der Waals surface area contributed by atoms with Crippen molar-refractivity contribution in [3.05, 3.63) is 28.8 Å². The number of anilines is 1. The number of carbonyl (C=O) groups excluding carboxylic acids is 2. The van der Waals surface area contributed by atoms with Crippen molar-refractivity contribution in [2.75, 3.05) is 25.5 Å². The van der Waals surface area contributed by atoms with Crippen LogP contribution in [0.3, 0.4) is 0 Å². The highest BCUT2D eigenvalue weighted by Gasteiger charge is 2.47. The number of carbonyl (C=O) groups is 2. The first-order chi connectivity index (χ1) is 12.4. The molecule has 140 valence electrons. The molecule has 0 heterocycles. The summed E-state index contributed by atoms with van der Waals surface area (Å²) < 4.78 is 5.11. The predicted octanol–water partition coefficient (Wildman–Crippen LogP) is 3.25. The second-order valence-corrected chi connectivity index (χ2v) is 6.81. The lowest BCUT2D eigenvalue weighted by Crippen LogP contribution is -2.60. The normalized spacial score (nSPS) is 15.1. The number of nitriles is 1. The largest absolute Gasteiger partial charge is 0.462 e. The van der Waals surface area contributed by atoms with Gasteiger partial charge in [0.25, 0.3) is 0 Å². The topological polar surface area (TPSA) is 82.4 Å². The minimum atomic E-state index is -0.535. The van der Waals surface area contributed by atoms with E-state index >= 15 is 0 Å². The van der Waals surface area contributed by atoms with Gasteiger partial charge in [-0.25, -0.2) is 4.79 Å². The van der Waals surface area contributed by atoms with Crippen LogP contribution >= 0.6 is 0 Å². The van der Waals surface area contributed by atoms with Crippen molar-refractivity contribution in [1.29, 1.82) is 5.26 Å². The number of rotatable bonds is 7. The average Bonchev–Trinajstić information content (AvgIpc) is 2.55. The summed E-state index contributed by atoms with van der Waals surface area (Å²) in [6.45, 7) is 6.66. The van der Waals surface area contributed by atoms with E-state index < -0.39 is 11.5 Å². The van der Waals surface area contributed by atoms with Gasteiger partial charge in [0.2, 0.25) is 5.91 Å². The van der Waals surface area contributed by atoms with Crippen molar-refractivity contribution in [3.63, 3.8) is 0 Å². The molecule has 2 rings (SSSR count). The number of hydrogen-bond acceptors (Lipinski definition) is 5. The highest BCUT2D eigenvalue weighted by atomic mass is 16.5. The van der Waals surface area contributed by atoms with E-state index in [1.54, 1.807) is 19.9 Å². The van der Waals surface area contributed by atoms with E-state index in [1.165, 1.54) is 6.07 Å². The van der Waals surface area contributed by atoms with Crippen LogP contribution in [0.5, 0.6) is 0 Å². The van der Waals surface area contributed by atoms with E-state index in [2.05, 4.69) is 17.1 Å². The second kappa shape index (κ2) is 8.33. The number of hydrogen-bond donors (Lipinski definition) is 1. The van der Waals surface area contributed by atoms with Crippen molar-refractivity contribution in [2.24, 2.45) is 0 Å².